The third-order valence-electron chi connectivity index (χ3n) is 5.79. The summed E-state index contributed by atoms with van der Waals surface area (Å²) in [6.45, 7) is 5.09. The number of anilines is 1. The van der Waals surface area contributed by atoms with Gasteiger partial charge in [-0.25, -0.2) is 8.42 Å². The summed E-state index contributed by atoms with van der Waals surface area (Å²) in [6.07, 6.45) is 0.345. The van der Waals surface area contributed by atoms with Crippen LogP contribution < -0.4 is 9.62 Å². The third-order valence-corrected chi connectivity index (χ3v) is 8.06. The topological polar surface area (TPSA) is 86.8 Å². The zero-order valence-electron chi connectivity index (χ0n) is 21.5. The molecule has 0 fully saturated rings. The summed E-state index contributed by atoms with van der Waals surface area (Å²) in [6, 6.07) is 20.3. The lowest BCUT2D eigenvalue weighted by molar-refractivity contribution is -0.140. The molecule has 0 unspecified atom stereocenters. The second-order valence-corrected chi connectivity index (χ2v) is 11.8. The Morgan fingerprint density at radius 2 is 1.55 bits per heavy atom. The van der Waals surface area contributed by atoms with Crippen molar-refractivity contribution in [3.63, 3.8) is 0 Å². The molecule has 1 atom stereocenters. The zero-order valence-corrected chi connectivity index (χ0v) is 23.8. The van der Waals surface area contributed by atoms with E-state index in [1.54, 1.807) is 18.2 Å². The van der Waals surface area contributed by atoms with E-state index in [2.05, 4.69) is 5.32 Å². The van der Waals surface area contributed by atoms with Gasteiger partial charge in [-0.3, -0.25) is 13.9 Å². The highest BCUT2D eigenvalue weighted by molar-refractivity contribution is 7.92. The van der Waals surface area contributed by atoms with Crippen LogP contribution in [0.1, 0.15) is 32.8 Å². The van der Waals surface area contributed by atoms with Gasteiger partial charge in [0.2, 0.25) is 11.8 Å². The van der Waals surface area contributed by atoms with Crippen molar-refractivity contribution < 1.29 is 18.0 Å². The van der Waals surface area contributed by atoms with Crippen molar-refractivity contribution in [2.75, 3.05) is 10.8 Å². The third kappa shape index (κ3) is 7.49. The van der Waals surface area contributed by atoms with Gasteiger partial charge in [-0.05, 0) is 68.3 Å². The van der Waals surface area contributed by atoms with Crippen molar-refractivity contribution in [3.8, 4) is 0 Å². The molecule has 3 aromatic carbocycles. The summed E-state index contributed by atoms with van der Waals surface area (Å²) < 4.78 is 28.6. The number of sulfonamides is 1. The van der Waals surface area contributed by atoms with E-state index in [9.17, 15) is 18.0 Å². The summed E-state index contributed by atoms with van der Waals surface area (Å²) in [5.74, 6) is -0.834. The lowest BCUT2D eigenvalue weighted by Crippen LogP contribution is -2.53. The molecular weight excluding hydrogens is 545 g/mol. The normalized spacial score (nSPS) is 12.2. The molecule has 7 nitrogen and oxygen atoms in total. The maximum atomic E-state index is 13.9. The molecule has 0 spiro atoms. The average Bonchev–Trinajstić information content (AvgIpc) is 2.87. The van der Waals surface area contributed by atoms with Crippen LogP contribution in [0, 0.1) is 0 Å². The van der Waals surface area contributed by atoms with Crippen molar-refractivity contribution in [2.45, 2.75) is 50.7 Å². The number of carbonyl (C=O) groups excluding carboxylic acids is 2. The highest BCUT2D eigenvalue weighted by Crippen LogP contribution is 2.27. The van der Waals surface area contributed by atoms with Crippen LogP contribution in [0.2, 0.25) is 10.0 Å². The van der Waals surface area contributed by atoms with E-state index in [0.29, 0.717) is 16.5 Å². The number of amides is 2. The number of nitrogens with zero attached hydrogens (tertiary/aromatic N) is 2. The summed E-state index contributed by atoms with van der Waals surface area (Å²) in [7, 11) is -4.19. The predicted molar refractivity (Wildman–Crippen MR) is 152 cm³/mol. The van der Waals surface area contributed by atoms with Crippen LogP contribution in [0.4, 0.5) is 5.69 Å². The smallest absolute Gasteiger partial charge is 0.264 e. The van der Waals surface area contributed by atoms with Crippen LogP contribution in [0.15, 0.2) is 83.8 Å². The van der Waals surface area contributed by atoms with E-state index in [1.165, 1.54) is 35.2 Å². The van der Waals surface area contributed by atoms with Crippen LogP contribution in [0.25, 0.3) is 0 Å². The van der Waals surface area contributed by atoms with Gasteiger partial charge in [0, 0.05) is 22.6 Å². The summed E-state index contributed by atoms with van der Waals surface area (Å²) in [4.78, 5) is 28.4. The quantitative estimate of drug-likeness (QED) is 0.326. The number of benzene rings is 3. The molecule has 0 radical (unpaired) electrons. The summed E-state index contributed by atoms with van der Waals surface area (Å²) in [5, 5.41) is 3.57. The monoisotopic (exact) mass is 575 g/mol. The van der Waals surface area contributed by atoms with E-state index < -0.39 is 28.5 Å². The minimum absolute atomic E-state index is 0.0334. The van der Waals surface area contributed by atoms with Gasteiger partial charge in [-0.2, -0.15) is 0 Å². The van der Waals surface area contributed by atoms with Gasteiger partial charge in [0.15, 0.2) is 0 Å². The zero-order chi connectivity index (χ0) is 27.9. The first-order chi connectivity index (χ1) is 18.0. The van der Waals surface area contributed by atoms with Gasteiger partial charge in [0.05, 0.1) is 10.6 Å². The fourth-order valence-electron chi connectivity index (χ4n) is 3.97. The van der Waals surface area contributed by atoms with Gasteiger partial charge in [0.1, 0.15) is 12.6 Å². The Bertz CT molecular complexity index is 1350. The fourth-order valence-corrected chi connectivity index (χ4v) is 5.69. The molecule has 10 heteroatoms. The Hall–Kier alpha value is -3.07. The van der Waals surface area contributed by atoms with Crippen LogP contribution in [-0.4, -0.2) is 43.8 Å². The molecule has 2 amide bonds. The SMILES string of the molecule is CC[C@@H](C(=O)NC(C)C)N(Cc1ccccc1)C(=O)CN(c1cccc(Cl)c1)S(=O)(=O)c1ccc(Cl)cc1. The molecule has 0 aliphatic heterocycles. The Morgan fingerprint density at radius 3 is 2.13 bits per heavy atom. The first-order valence-corrected chi connectivity index (χ1v) is 14.4. The molecule has 202 valence electrons. The van der Waals surface area contributed by atoms with Crippen molar-refractivity contribution in [1.82, 2.24) is 10.2 Å². The molecule has 3 rings (SSSR count). The van der Waals surface area contributed by atoms with Crippen molar-refractivity contribution in [2.24, 2.45) is 0 Å². The second-order valence-electron chi connectivity index (χ2n) is 9.04. The second kappa shape index (κ2) is 13.1. The Balaban J connectivity index is 2.05. The van der Waals surface area contributed by atoms with Crippen molar-refractivity contribution in [1.29, 1.82) is 0 Å². The summed E-state index contributed by atoms with van der Waals surface area (Å²) >= 11 is 12.2. The molecule has 0 bridgehead atoms. The molecule has 0 aliphatic carbocycles. The molecule has 0 heterocycles. The molecule has 0 saturated carbocycles. The van der Waals surface area contributed by atoms with Crippen LogP contribution in [0.5, 0.6) is 0 Å². The molecule has 0 saturated heterocycles. The first-order valence-electron chi connectivity index (χ1n) is 12.2. The average molecular weight is 577 g/mol. The van der Waals surface area contributed by atoms with Gasteiger partial charge in [0.25, 0.3) is 10.0 Å². The van der Waals surface area contributed by atoms with E-state index in [-0.39, 0.29) is 29.1 Å². The largest absolute Gasteiger partial charge is 0.352 e. The molecular formula is C28H31Cl2N3O4S. The number of rotatable bonds is 11. The molecule has 0 aliphatic rings. The van der Waals surface area contributed by atoms with E-state index in [4.69, 9.17) is 23.2 Å². The molecule has 0 aromatic heterocycles. The van der Waals surface area contributed by atoms with Crippen molar-refractivity contribution >= 4 is 50.7 Å². The van der Waals surface area contributed by atoms with Crippen LogP contribution in [-0.2, 0) is 26.2 Å². The van der Waals surface area contributed by atoms with Gasteiger partial charge < -0.3 is 10.2 Å². The minimum Gasteiger partial charge on any atom is -0.352 e. The number of halogens is 2. The highest BCUT2D eigenvalue weighted by atomic mass is 35.5. The molecule has 38 heavy (non-hydrogen) atoms. The van der Waals surface area contributed by atoms with Crippen molar-refractivity contribution in [3.05, 3.63) is 94.5 Å². The number of hydrogen-bond donors (Lipinski definition) is 1. The lowest BCUT2D eigenvalue weighted by atomic mass is 10.1. The van der Waals surface area contributed by atoms with E-state index >= 15 is 0 Å². The Labute approximate surface area is 234 Å². The van der Waals surface area contributed by atoms with Gasteiger partial charge >= 0.3 is 0 Å². The Morgan fingerprint density at radius 1 is 0.895 bits per heavy atom. The summed E-state index contributed by atoms with van der Waals surface area (Å²) in [5.41, 5.74) is 1.03. The maximum absolute atomic E-state index is 13.9. The van der Waals surface area contributed by atoms with Crippen LogP contribution in [0.3, 0.4) is 0 Å². The highest BCUT2D eigenvalue weighted by Gasteiger charge is 2.33. The molecule has 3 aromatic rings. The minimum atomic E-state index is -4.19. The van der Waals surface area contributed by atoms with Gasteiger partial charge in [-0.1, -0.05) is 66.5 Å². The maximum Gasteiger partial charge on any atom is 0.264 e. The van der Waals surface area contributed by atoms with E-state index in [1.807, 2.05) is 51.1 Å². The molecule has 1 N–H and O–H groups in total. The standard InChI is InChI=1S/C28H31Cl2N3O4S/c1-4-26(28(35)31-20(2)3)32(18-21-9-6-5-7-10-21)27(34)19-33(24-12-8-11-23(30)17-24)38(36,37)25-15-13-22(29)14-16-25/h5-17,20,26H,4,18-19H2,1-3H3,(H,31,35)/t26-/m0/s1. The number of carbonyl (C=O) groups is 2. The van der Waals surface area contributed by atoms with E-state index in [0.717, 1.165) is 9.87 Å². The Kier molecular flexibility index (Phi) is 10.2. The van der Waals surface area contributed by atoms with Gasteiger partial charge in [-0.15, -0.1) is 0 Å². The van der Waals surface area contributed by atoms with Crippen LogP contribution >= 0.6 is 23.2 Å². The predicted octanol–water partition coefficient (Wildman–Crippen LogP) is 5.52. The first kappa shape index (κ1) is 29.5. The fraction of sp³-hybridized carbons (Fsp3) is 0.286. The lowest BCUT2D eigenvalue weighted by Gasteiger charge is -2.33. The number of hydrogen-bond acceptors (Lipinski definition) is 4. The number of nitrogens with one attached hydrogen (secondary N) is 1.